The van der Waals surface area contributed by atoms with E-state index in [1.54, 1.807) is 0 Å². The standard InChI is InChI=1S/C14H20FNO3S/c1-10-5-3-4-6-12(10)16-20(17,18)14-9-11(15)7-8-13(14)19-2/h7-10,12,16H,3-6H2,1-2H3/t10-,12-/m0/s1. The second-order valence-electron chi connectivity index (χ2n) is 5.28. The highest BCUT2D eigenvalue weighted by atomic mass is 32.2. The number of ether oxygens (including phenoxy) is 1. The fraction of sp³-hybridized carbons (Fsp3) is 0.571. The van der Waals surface area contributed by atoms with Crippen molar-refractivity contribution in [3.63, 3.8) is 0 Å². The lowest BCUT2D eigenvalue weighted by atomic mass is 9.87. The topological polar surface area (TPSA) is 55.4 Å². The molecule has 2 atom stereocenters. The van der Waals surface area contributed by atoms with Crippen molar-refractivity contribution in [2.75, 3.05) is 7.11 Å². The molecule has 0 heterocycles. The molecule has 1 fully saturated rings. The third-order valence-electron chi connectivity index (χ3n) is 3.83. The van der Waals surface area contributed by atoms with Gasteiger partial charge in [-0.3, -0.25) is 0 Å². The van der Waals surface area contributed by atoms with Crippen molar-refractivity contribution in [2.45, 2.75) is 43.5 Å². The zero-order valence-corrected chi connectivity index (χ0v) is 12.5. The molecule has 2 rings (SSSR count). The SMILES string of the molecule is COc1ccc(F)cc1S(=O)(=O)N[C@H]1CCCC[C@@H]1C. The quantitative estimate of drug-likeness (QED) is 0.930. The fourth-order valence-corrected chi connectivity index (χ4v) is 4.17. The van der Waals surface area contributed by atoms with Crippen LogP contribution in [0.25, 0.3) is 0 Å². The molecular weight excluding hydrogens is 281 g/mol. The van der Waals surface area contributed by atoms with E-state index < -0.39 is 15.8 Å². The molecule has 1 saturated carbocycles. The molecule has 0 bridgehead atoms. The van der Waals surface area contributed by atoms with E-state index in [4.69, 9.17) is 4.74 Å². The van der Waals surface area contributed by atoms with Gasteiger partial charge in [-0.2, -0.15) is 0 Å². The number of hydrogen-bond acceptors (Lipinski definition) is 3. The van der Waals surface area contributed by atoms with Crippen molar-refractivity contribution in [1.82, 2.24) is 4.72 Å². The van der Waals surface area contributed by atoms with Gasteiger partial charge >= 0.3 is 0 Å². The Hall–Kier alpha value is -1.14. The molecule has 0 saturated heterocycles. The average Bonchev–Trinajstić information content (AvgIpc) is 2.41. The van der Waals surface area contributed by atoms with Gasteiger partial charge in [-0.25, -0.2) is 17.5 Å². The van der Waals surface area contributed by atoms with Crippen LogP contribution in [0.3, 0.4) is 0 Å². The summed E-state index contributed by atoms with van der Waals surface area (Å²) in [7, 11) is -2.40. The third-order valence-corrected chi connectivity index (χ3v) is 5.34. The highest BCUT2D eigenvalue weighted by Gasteiger charge is 2.28. The Labute approximate surface area is 119 Å². The summed E-state index contributed by atoms with van der Waals surface area (Å²) in [6.45, 7) is 2.04. The van der Waals surface area contributed by atoms with Crippen LogP contribution in [0.5, 0.6) is 5.75 Å². The Morgan fingerprint density at radius 2 is 2.00 bits per heavy atom. The third kappa shape index (κ3) is 3.30. The fourth-order valence-electron chi connectivity index (χ4n) is 2.61. The molecule has 1 aromatic carbocycles. The second-order valence-corrected chi connectivity index (χ2v) is 6.97. The minimum Gasteiger partial charge on any atom is -0.495 e. The highest BCUT2D eigenvalue weighted by molar-refractivity contribution is 7.89. The summed E-state index contributed by atoms with van der Waals surface area (Å²) in [6, 6.07) is 3.41. The molecule has 0 unspecified atom stereocenters. The molecule has 4 nitrogen and oxygen atoms in total. The van der Waals surface area contributed by atoms with E-state index >= 15 is 0 Å². The van der Waals surface area contributed by atoms with Crippen molar-refractivity contribution in [3.05, 3.63) is 24.0 Å². The summed E-state index contributed by atoms with van der Waals surface area (Å²) in [6.07, 6.45) is 3.96. The summed E-state index contributed by atoms with van der Waals surface area (Å²) in [5.41, 5.74) is 0. The summed E-state index contributed by atoms with van der Waals surface area (Å²) in [5.74, 6) is -0.150. The monoisotopic (exact) mass is 301 g/mol. The Morgan fingerprint density at radius 1 is 1.30 bits per heavy atom. The molecule has 0 spiro atoms. The zero-order chi connectivity index (χ0) is 14.8. The number of sulfonamides is 1. The molecule has 20 heavy (non-hydrogen) atoms. The molecular formula is C14H20FNO3S. The molecule has 0 amide bonds. The van der Waals surface area contributed by atoms with E-state index in [0.29, 0.717) is 0 Å². The van der Waals surface area contributed by atoms with Gasteiger partial charge in [-0.15, -0.1) is 0 Å². The van der Waals surface area contributed by atoms with Crippen molar-refractivity contribution in [2.24, 2.45) is 5.92 Å². The van der Waals surface area contributed by atoms with Gasteiger partial charge in [-0.1, -0.05) is 19.8 Å². The Kier molecular flexibility index (Phi) is 4.65. The number of rotatable bonds is 4. The first-order valence-electron chi connectivity index (χ1n) is 6.80. The van der Waals surface area contributed by atoms with Crippen LogP contribution in [-0.2, 0) is 10.0 Å². The predicted molar refractivity (Wildman–Crippen MR) is 74.7 cm³/mol. The molecule has 112 valence electrons. The zero-order valence-electron chi connectivity index (χ0n) is 11.7. The molecule has 1 aliphatic carbocycles. The number of nitrogens with one attached hydrogen (secondary N) is 1. The van der Waals surface area contributed by atoms with Crippen LogP contribution in [0.2, 0.25) is 0 Å². The summed E-state index contributed by atoms with van der Waals surface area (Å²) in [5, 5.41) is 0. The van der Waals surface area contributed by atoms with Gasteiger partial charge in [0.15, 0.2) is 0 Å². The van der Waals surface area contributed by atoms with Crippen LogP contribution in [0.4, 0.5) is 4.39 Å². The van der Waals surface area contributed by atoms with Crippen LogP contribution in [0, 0.1) is 11.7 Å². The van der Waals surface area contributed by atoms with Gasteiger partial charge in [0.25, 0.3) is 0 Å². The number of benzene rings is 1. The molecule has 0 aliphatic heterocycles. The number of halogens is 1. The lowest BCUT2D eigenvalue weighted by Crippen LogP contribution is -2.41. The molecule has 1 aliphatic rings. The van der Waals surface area contributed by atoms with Gasteiger partial charge in [-0.05, 0) is 37.0 Å². The van der Waals surface area contributed by atoms with Crippen LogP contribution in [0.1, 0.15) is 32.6 Å². The molecule has 1 N–H and O–H groups in total. The van der Waals surface area contributed by atoms with Crippen LogP contribution in [0.15, 0.2) is 23.1 Å². The van der Waals surface area contributed by atoms with Crippen LogP contribution < -0.4 is 9.46 Å². The van der Waals surface area contributed by atoms with Gasteiger partial charge in [0.1, 0.15) is 16.5 Å². The average molecular weight is 301 g/mol. The lowest BCUT2D eigenvalue weighted by Gasteiger charge is -2.29. The summed E-state index contributed by atoms with van der Waals surface area (Å²) < 4.78 is 45.9. The normalized spacial score (nSPS) is 23.6. The molecule has 0 aromatic heterocycles. The first-order valence-corrected chi connectivity index (χ1v) is 8.28. The van der Waals surface area contributed by atoms with Crippen molar-refractivity contribution >= 4 is 10.0 Å². The van der Waals surface area contributed by atoms with Crippen LogP contribution >= 0.6 is 0 Å². The summed E-state index contributed by atoms with van der Waals surface area (Å²) in [4.78, 5) is -0.141. The maximum Gasteiger partial charge on any atom is 0.244 e. The van der Waals surface area contributed by atoms with E-state index in [-0.39, 0.29) is 22.6 Å². The minimum absolute atomic E-state index is 0.0956. The Bertz CT molecular complexity index is 574. The van der Waals surface area contributed by atoms with E-state index in [9.17, 15) is 12.8 Å². The van der Waals surface area contributed by atoms with Crippen molar-refractivity contribution < 1.29 is 17.5 Å². The van der Waals surface area contributed by atoms with Crippen LogP contribution in [-0.4, -0.2) is 21.6 Å². The minimum atomic E-state index is -3.77. The Morgan fingerprint density at radius 3 is 2.65 bits per heavy atom. The summed E-state index contributed by atoms with van der Waals surface area (Å²) >= 11 is 0. The number of hydrogen-bond donors (Lipinski definition) is 1. The predicted octanol–water partition coefficient (Wildman–Crippen LogP) is 2.69. The smallest absolute Gasteiger partial charge is 0.244 e. The van der Waals surface area contributed by atoms with Gasteiger partial charge < -0.3 is 4.74 Å². The van der Waals surface area contributed by atoms with Gasteiger partial charge in [0, 0.05) is 6.04 Å². The second kappa shape index (κ2) is 6.10. The number of methoxy groups -OCH3 is 1. The van der Waals surface area contributed by atoms with E-state index in [1.165, 1.54) is 19.2 Å². The molecule has 0 radical (unpaired) electrons. The van der Waals surface area contributed by atoms with Crippen molar-refractivity contribution in [3.8, 4) is 5.75 Å². The van der Waals surface area contributed by atoms with E-state index in [2.05, 4.69) is 4.72 Å². The lowest BCUT2D eigenvalue weighted by molar-refractivity contribution is 0.310. The maximum atomic E-state index is 13.3. The van der Waals surface area contributed by atoms with E-state index in [0.717, 1.165) is 31.7 Å². The van der Waals surface area contributed by atoms with E-state index in [1.807, 2.05) is 6.92 Å². The van der Waals surface area contributed by atoms with Gasteiger partial charge in [0.2, 0.25) is 10.0 Å². The maximum absolute atomic E-state index is 13.3. The molecule has 1 aromatic rings. The first-order chi connectivity index (χ1) is 9.44. The van der Waals surface area contributed by atoms with Gasteiger partial charge in [0.05, 0.1) is 7.11 Å². The van der Waals surface area contributed by atoms with Crippen molar-refractivity contribution in [1.29, 1.82) is 0 Å². The molecule has 6 heteroatoms. The highest BCUT2D eigenvalue weighted by Crippen LogP contribution is 2.28. The Balaban J connectivity index is 2.28. The largest absolute Gasteiger partial charge is 0.495 e. The first kappa shape index (κ1) is 15.3.